The van der Waals surface area contributed by atoms with Crippen molar-refractivity contribution < 1.29 is 4.42 Å². The molecule has 2 rings (SSSR count). The van der Waals surface area contributed by atoms with Crippen molar-refractivity contribution in [2.45, 2.75) is 52.0 Å². The zero-order valence-corrected chi connectivity index (χ0v) is 18.1. The van der Waals surface area contributed by atoms with Crippen LogP contribution in [0.3, 0.4) is 0 Å². The molecule has 0 amide bonds. The predicted molar refractivity (Wildman–Crippen MR) is 112 cm³/mol. The average molecular weight is 480 g/mol. The summed E-state index contributed by atoms with van der Waals surface area (Å²) in [7, 11) is 0. The lowest BCUT2D eigenvalue weighted by atomic mass is 10.1. The van der Waals surface area contributed by atoms with E-state index in [4.69, 9.17) is 4.42 Å². The summed E-state index contributed by atoms with van der Waals surface area (Å²) in [6, 6.07) is 10.2. The van der Waals surface area contributed by atoms with Gasteiger partial charge in [-0.25, -0.2) is 0 Å². The second-order valence-corrected chi connectivity index (χ2v) is 7.60. The summed E-state index contributed by atoms with van der Waals surface area (Å²) in [6.45, 7) is 4.11. The third kappa shape index (κ3) is 7.30. The van der Waals surface area contributed by atoms with Crippen LogP contribution in [0, 0.1) is 0 Å². The van der Waals surface area contributed by atoms with Gasteiger partial charge in [-0.1, -0.05) is 55.0 Å². The van der Waals surface area contributed by atoms with E-state index in [0.29, 0.717) is 0 Å². The Hall–Kier alpha value is -0.290. The monoisotopic (exact) mass is 477 g/mol. The summed E-state index contributed by atoms with van der Waals surface area (Å²) >= 11 is 7.06. The fourth-order valence-electron chi connectivity index (χ4n) is 2.55. The lowest BCUT2D eigenvalue weighted by molar-refractivity contribution is 0.485. The first-order chi connectivity index (χ1) is 11.2. The van der Waals surface area contributed by atoms with E-state index >= 15 is 0 Å². The van der Waals surface area contributed by atoms with Crippen molar-refractivity contribution in [2.24, 2.45) is 0 Å². The molecule has 2 aromatic rings. The summed E-state index contributed by atoms with van der Waals surface area (Å²) in [5, 5.41) is 3.47. The van der Waals surface area contributed by atoms with Gasteiger partial charge in [0.05, 0.1) is 6.54 Å². The Kier molecular flexibility index (Phi) is 11.0. The third-order valence-electron chi connectivity index (χ3n) is 3.86. The number of hydrogen-bond acceptors (Lipinski definition) is 2. The van der Waals surface area contributed by atoms with Gasteiger partial charge in [-0.05, 0) is 59.2 Å². The molecular formula is C19H26Br2ClNO. The molecular weight excluding hydrogens is 453 g/mol. The Bertz CT molecular complexity index is 601. The highest BCUT2D eigenvalue weighted by Gasteiger charge is 2.08. The largest absolute Gasteiger partial charge is 0.460 e. The van der Waals surface area contributed by atoms with Crippen LogP contribution in [0.4, 0.5) is 0 Å². The molecule has 1 aromatic heterocycles. The molecule has 5 heteroatoms. The quantitative estimate of drug-likeness (QED) is 0.361. The van der Waals surface area contributed by atoms with Gasteiger partial charge in [0.25, 0.3) is 0 Å². The van der Waals surface area contributed by atoms with Gasteiger partial charge in [0.1, 0.15) is 11.5 Å². The zero-order valence-electron chi connectivity index (χ0n) is 14.1. The Labute approximate surface area is 168 Å². The van der Waals surface area contributed by atoms with E-state index in [2.05, 4.69) is 56.2 Å². The molecule has 0 fully saturated rings. The molecule has 0 aliphatic rings. The van der Waals surface area contributed by atoms with Gasteiger partial charge in [-0.3, -0.25) is 0 Å². The van der Waals surface area contributed by atoms with Crippen molar-refractivity contribution in [1.82, 2.24) is 5.32 Å². The minimum Gasteiger partial charge on any atom is -0.460 e. The van der Waals surface area contributed by atoms with E-state index in [1.807, 2.05) is 18.2 Å². The van der Waals surface area contributed by atoms with Gasteiger partial charge in [0.2, 0.25) is 0 Å². The maximum atomic E-state index is 5.94. The third-order valence-corrected chi connectivity index (χ3v) is 5.01. The minimum absolute atomic E-state index is 0. The molecule has 0 bridgehead atoms. The Morgan fingerprint density at radius 1 is 0.958 bits per heavy atom. The molecule has 1 heterocycles. The Morgan fingerprint density at radius 2 is 1.71 bits per heavy atom. The first-order valence-corrected chi connectivity index (χ1v) is 10.0. The van der Waals surface area contributed by atoms with Crippen molar-refractivity contribution in [3.05, 3.63) is 45.0 Å². The van der Waals surface area contributed by atoms with Crippen molar-refractivity contribution >= 4 is 44.3 Å². The van der Waals surface area contributed by atoms with Crippen LogP contribution in [0.2, 0.25) is 0 Å². The molecule has 0 aliphatic heterocycles. The maximum Gasteiger partial charge on any atom is 0.135 e. The number of unbranched alkanes of at least 4 members (excludes halogenated alkanes) is 5. The first-order valence-electron chi connectivity index (χ1n) is 8.45. The van der Waals surface area contributed by atoms with Crippen molar-refractivity contribution in [3.8, 4) is 11.3 Å². The van der Waals surface area contributed by atoms with Crippen LogP contribution in [0.5, 0.6) is 0 Å². The van der Waals surface area contributed by atoms with Crippen molar-refractivity contribution in [1.29, 1.82) is 0 Å². The first kappa shape index (κ1) is 21.8. The zero-order chi connectivity index (χ0) is 16.5. The van der Waals surface area contributed by atoms with Gasteiger partial charge in [0, 0.05) is 14.5 Å². The van der Waals surface area contributed by atoms with E-state index in [9.17, 15) is 0 Å². The lowest BCUT2D eigenvalue weighted by Gasteiger charge is -2.04. The molecule has 0 saturated heterocycles. The van der Waals surface area contributed by atoms with Crippen LogP contribution >= 0.6 is 44.3 Å². The number of furan rings is 1. The van der Waals surface area contributed by atoms with Gasteiger partial charge < -0.3 is 9.73 Å². The van der Waals surface area contributed by atoms with E-state index in [1.165, 1.54) is 38.5 Å². The summed E-state index contributed by atoms with van der Waals surface area (Å²) < 4.78 is 8.03. The van der Waals surface area contributed by atoms with Crippen LogP contribution in [0.25, 0.3) is 11.3 Å². The van der Waals surface area contributed by atoms with Crippen molar-refractivity contribution in [3.63, 3.8) is 0 Å². The van der Waals surface area contributed by atoms with E-state index in [-0.39, 0.29) is 12.4 Å². The molecule has 0 atom stereocenters. The highest BCUT2D eigenvalue weighted by atomic mass is 79.9. The molecule has 0 unspecified atom stereocenters. The number of nitrogens with one attached hydrogen (secondary N) is 1. The van der Waals surface area contributed by atoms with Gasteiger partial charge >= 0.3 is 0 Å². The molecule has 24 heavy (non-hydrogen) atoms. The Balaban J connectivity index is 0.00000288. The number of benzene rings is 1. The molecule has 0 aliphatic carbocycles. The summed E-state index contributed by atoms with van der Waals surface area (Å²) in [5.41, 5.74) is 1.08. The molecule has 0 radical (unpaired) electrons. The molecule has 134 valence electrons. The normalized spacial score (nSPS) is 10.6. The predicted octanol–water partition coefficient (Wildman–Crippen LogP) is 7.34. The molecule has 0 saturated carbocycles. The summed E-state index contributed by atoms with van der Waals surface area (Å²) in [6.07, 6.45) is 7.98. The number of rotatable bonds is 10. The SMILES string of the molecule is CCCCCCCCNCc1ccc(-c2ccc(Br)cc2Br)o1.Cl. The second-order valence-electron chi connectivity index (χ2n) is 5.83. The smallest absolute Gasteiger partial charge is 0.135 e. The van der Waals surface area contributed by atoms with E-state index in [0.717, 1.165) is 39.1 Å². The van der Waals surface area contributed by atoms with Gasteiger partial charge in [-0.15, -0.1) is 12.4 Å². The fraction of sp³-hybridized carbons (Fsp3) is 0.474. The van der Waals surface area contributed by atoms with Crippen molar-refractivity contribution in [2.75, 3.05) is 6.54 Å². The summed E-state index contributed by atoms with van der Waals surface area (Å²) in [4.78, 5) is 0. The standard InChI is InChI=1S/C19H25Br2NO.ClH/c1-2-3-4-5-6-7-12-22-14-16-9-11-19(23-16)17-10-8-15(20)13-18(17)21;/h8-11,13,22H,2-7,12,14H2,1H3;1H. The van der Waals surface area contributed by atoms with Crippen LogP contribution in [0.15, 0.2) is 43.7 Å². The van der Waals surface area contributed by atoms with Crippen LogP contribution in [-0.2, 0) is 6.54 Å². The number of hydrogen-bond donors (Lipinski definition) is 1. The minimum atomic E-state index is 0. The highest BCUT2D eigenvalue weighted by molar-refractivity contribution is 9.11. The van der Waals surface area contributed by atoms with Gasteiger partial charge in [0.15, 0.2) is 0 Å². The van der Waals surface area contributed by atoms with Crippen LogP contribution in [-0.4, -0.2) is 6.54 Å². The molecule has 2 nitrogen and oxygen atoms in total. The van der Waals surface area contributed by atoms with Gasteiger partial charge in [-0.2, -0.15) is 0 Å². The average Bonchev–Trinajstić information content (AvgIpc) is 2.98. The molecule has 1 aromatic carbocycles. The second kappa shape index (κ2) is 12.1. The van der Waals surface area contributed by atoms with Crippen LogP contribution < -0.4 is 5.32 Å². The lowest BCUT2D eigenvalue weighted by Crippen LogP contribution is -2.14. The van der Waals surface area contributed by atoms with Crippen LogP contribution in [0.1, 0.15) is 51.2 Å². The topological polar surface area (TPSA) is 25.2 Å². The highest BCUT2D eigenvalue weighted by Crippen LogP contribution is 2.31. The number of halogens is 3. The van der Waals surface area contributed by atoms with E-state index in [1.54, 1.807) is 0 Å². The molecule has 1 N–H and O–H groups in total. The fourth-order valence-corrected chi connectivity index (χ4v) is 3.79. The Morgan fingerprint density at radius 3 is 2.46 bits per heavy atom. The summed E-state index contributed by atoms with van der Waals surface area (Å²) in [5.74, 6) is 1.89. The molecule has 0 spiro atoms. The van der Waals surface area contributed by atoms with E-state index < -0.39 is 0 Å². The maximum absolute atomic E-state index is 5.94.